The molecular weight excluding hydrogens is 188 g/mol. The number of esters is 1. The summed E-state index contributed by atoms with van der Waals surface area (Å²) in [6, 6.07) is 5.18. The zero-order valence-corrected chi connectivity index (χ0v) is 7.37. The predicted octanol–water partition coefficient (Wildman–Crippen LogP) is 1.64. The number of fused-ring (bicyclic) bond motifs is 1. The molecule has 1 aromatic heterocycles. The van der Waals surface area contributed by atoms with Crippen LogP contribution in [0.2, 0.25) is 0 Å². The van der Waals surface area contributed by atoms with Crippen LogP contribution >= 0.6 is 11.5 Å². The molecule has 0 unspecified atom stereocenters. The highest BCUT2D eigenvalue weighted by atomic mass is 32.1. The van der Waals surface area contributed by atoms with Gasteiger partial charge in [0.25, 0.3) is 0 Å². The van der Waals surface area contributed by atoms with Crippen molar-refractivity contribution in [2.75, 3.05) is 0 Å². The van der Waals surface area contributed by atoms with Crippen LogP contribution in [0.4, 0.5) is 0 Å². The summed E-state index contributed by atoms with van der Waals surface area (Å²) in [6.45, 7) is 0. The Morgan fingerprint density at radius 2 is 2.38 bits per heavy atom. The SMILES string of the molecule is [CH2]OC(=O)c1cccc2nnsc12. The smallest absolute Gasteiger partial charge is 0.339 e. The van der Waals surface area contributed by atoms with E-state index in [9.17, 15) is 4.79 Å². The molecule has 13 heavy (non-hydrogen) atoms. The van der Waals surface area contributed by atoms with Crippen LogP contribution in [0.5, 0.6) is 0 Å². The highest BCUT2D eigenvalue weighted by Gasteiger charge is 2.11. The van der Waals surface area contributed by atoms with Gasteiger partial charge in [0.1, 0.15) is 12.6 Å². The third kappa shape index (κ3) is 1.27. The van der Waals surface area contributed by atoms with Crippen LogP contribution in [0, 0.1) is 7.11 Å². The second-order valence-electron chi connectivity index (χ2n) is 2.36. The van der Waals surface area contributed by atoms with Crippen LogP contribution in [-0.2, 0) is 4.74 Å². The van der Waals surface area contributed by atoms with Gasteiger partial charge in [0.05, 0.1) is 10.3 Å². The molecule has 0 atom stereocenters. The number of nitrogens with zero attached hydrogens (tertiary/aromatic N) is 2. The maximum atomic E-state index is 11.2. The number of rotatable bonds is 1. The first kappa shape index (κ1) is 8.12. The topological polar surface area (TPSA) is 52.1 Å². The molecule has 1 heterocycles. The molecule has 0 saturated carbocycles. The summed E-state index contributed by atoms with van der Waals surface area (Å²) in [5.41, 5.74) is 1.16. The zero-order chi connectivity index (χ0) is 9.26. The van der Waals surface area contributed by atoms with Gasteiger partial charge in [-0.25, -0.2) is 4.79 Å². The molecule has 0 fully saturated rings. The van der Waals surface area contributed by atoms with Crippen molar-refractivity contribution < 1.29 is 9.53 Å². The van der Waals surface area contributed by atoms with Crippen molar-refractivity contribution in [3.63, 3.8) is 0 Å². The molecule has 4 nitrogen and oxygen atoms in total. The molecule has 0 saturated heterocycles. The highest BCUT2D eigenvalue weighted by Crippen LogP contribution is 2.20. The lowest BCUT2D eigenvalue weighted by Crippen LogP contribution is -1.99. The van der Waals surface area contributed by atoms with E-state index in [1.165, 1.54) is 11.5 Å². The second-order valence-corrected chi connectivity index (χ2v) is 3.11. The lowest BCUT2D eigenvalue weighted by atomic mass is 10.2. The summed E-state index contributed by atoms with van der Waals surface area (Å²) < 4.78 is 8.85. The molecule has 0 spiro atoms. The van der Waals surface area contributed by atoms with Gasteiger partial charge in [-0.3, -0.25) is 0 Å². The minimum absolute atomic E-state index is 0.461. The van der Waals surface area contributed by atoms with E-state index in [0.29, 0.717) is 11.1 Å². The Labute approximate surface area is 78.3 Å². The maximum Gasteiger partial charge on any atom is 0.339 e. The number of carbonyl (C=O) groups excluding carboxylic acids is 1. The minimum atomic E-state index is -0.461. The largest absolute Gasteiger partial charge is 0.458 e. The van der Waals surface area contributed by atoms with Gasteiger partial charge < -0.3 is 4.74 Å². The Balaban J connectivity index is 2.67. The van der Waals surface area contributed by atoms with Crippen LogP contribution in [0.25, 0.3) is 10.2 Å². The highest BCUT2D eigenvalue weighted by molar-refractivity contribution is 7.13. The Kier molecular flexibility index (Phi) is 1.94. The number of carbonyl (C=O) groups is 1. The fourth-order valence-electron chi connectivity index (χ4n) is 1.04. The van der Waals surface area contributed by atoms with Gasteiger partial charge in [-0.1, -0.05) is 10.6 Å². The normalized spacial score (nSPS) is 10.2. The van der Waals surface area contributed by atoms with Gasteiger partial charge in [0, 0.05) is 0 Å². The molecule has 5 heteroatoms. The fourth-order valence-corrected chi connectivity index (χ4v) is 1.71. The standard InChI is InChI=1S/C8H5N2O2S/c1-12-8(11)5-3-2-4-6-7(5)13-10-9-6/h2-4H,1H2. The van der Waals surface area contributed by atoms with E-state index in [1.807, 2.05) is 0 Å². The van der Waals surface area contributed by atoms with Crippen molar-refractivity contribution in [2.24, 2.45) is 0 Å². The van der Waals surface area contributed by atoms with E-state index in [1.54, 1.807) is 18.2 Å². The summed E-state index contributed by atoms with van der Waals surface area (Å²) in [4.78, 5) is 11.2. The van der Waals surface area contributed by atoms with Crippen LogP contribution in [0.1, 0.15) is 10.4 Å². The lowest BCUT2D eigenvalue weighted by molar-refractivity contribution is 0.0656. The van der Waals surface area contributed by atoms with Crippen LogP contribution < -0.4 is 0 Å². The molecule has 0 aliphatic heterocycles. The van der Waals surface area contributed by atoms with E-state index in [-0.39, 0.29) is 0 Å². The second kappa shape index (κ2) is 3.10. The summed E-state index contributed by atoms with van der Waals surface area (Å²) in [5, 5.41) is 3.84. The molecule has 2 rings (SSSR count). The Bertz CT molecular complexity index is 452. The van der Waals surface area contributed by atoms with Crippen molar-refractivity contribution >= 4 is 27.7 Å². The number of aromatic nitrogens is 2. The number of hydrogen-bond donors (Lipinski definition) is 0. The third-order valence-corrected chi connectivity index (χ3v) is 2.40. The van der Waals surface area contributed by atoms with Crippen LogP contribution in [0.15, 0.2) is 18.2 Å². The minimum Gasteiger partial charge on any atom is -0.458 e. The van der Waals surface area contributed by atoms with Crippen molar-refractivity contribution in [1.82, 2.24) is 9.59 Å². The van der Waals surface area contributed by atoms with Crippen LogP contribution in [0.3, 0.4) is 0 Å². The monoisotopic (exact) mass is 193 g/mol. The molecular formula is C8H5N2O2S. The Morgan fingerprint density at radius 3 is 3.15 bits per heavy atom. The maximum absolute atomic E-state index is 11.2. The van der Waals surface area contributed by atoms with Crippen molar-refractivity contribution in [1.29, 1.82) is 0 Å². The average Bonchev–Trinajstić information content (AvgIpc) is 2.63. The van der Waals surface area contributed by atoms with Crippen molar-refractivity contribution in [3.05, 3.63) is 30.9 Å². The molecule has 2 aromatic rings. The molecule has 0 N–H and O–H groups in total. The fraction of sp³-hybridized carbons (Fsp3) is 0. The van der Waals surface area contributed by atoms with Crippen LogP contribution in [-0.4, -0.2) is 15.6 Å². The number of benzene rings is 1. The van der Waals surface area contributed by atoms with Gasteiger partial charge in [-0.05, 0) is 23.7 Å². The van der Waals surface area contributed by atoms with Gasteiger partial charge in [0.2, 0.25) is 0 Å². The molecule has 0 amide bonds. The Morgan fingerprint density at radius 1 is 1.54 bits per heavy atom. The van der Waals surface area contributed by atoms with E-state index in [4.69, 9.17) is 0 Å². The molecule has 0 aliphatic carbocycles. The first-order chi connectivity index (χ1) is 6.33. The van der Waals surface area contributed by atoms with Crippen molar-refractivity contribution in [3.8, 4) is 0 Å². The zero-order valence-electron chi connectivity index (χ0n) is 6.56. The first-order valence-electron chi connectivity index (χ1n) is 3.50. The summed E-state index contributed by atoms with van der Waals surface area (Å²) in [7, 11) is 3.07. The Hall–Kier alpha value is -1.49. The first-order valence-corrected chi connectivity index (χ1v) is 4.27. The van der Waals surface area contributed by atoms with E-state index >= 15 is 0 Å². The summed E-state index contributed by atoms with van der Waals surface area (Å²) >= 11 is 1.17. The summed E-state index contributed by atoms with van der Waals surface area (Å²) in [6.07, 6.45) is 0. The molecule has 1 aromatic carbocycles. The van der Waals surface area contributed by atoms with Gasteiger partial charge in [0.15, 0.2) is 0 Å². The molecule has 1 radical (unpaired) electrons. The molecule has 65 valence electrons. The quantitative estimate of drug-likeness (QED) is 0.646. The number of ether oxygens (including phenoxy) is 1. The molecule has 0 aliphatic rings. The lowest BCUT2D eigenvalue weighted by Gasteiger charge is -1.97. The van der Waals surface area contributed by atoms with E-state index in [0.717, 1.165) is 4.70 Å². The van der Waals surface area contributed by atoms with E-state index in [2.05, 4.69) is 21.4 Å². The molecule has 0 bridgehead atoms. The van der Waals surface area contributed by atoms with Crippen molar-refractivity contribution in [2.45, 2.75) is 0 Å². The average molecular weight is 193 g/mol. The third-order valence-electron chi connectivity index (χ3n) is 1.63. The predicted molar refractivity (Wildman–Crippen MR) is 48.2 cm³/mol. The van der Waals surface area contributed by atoms with E-state index < -0.39 is 5.97 Å². The van der Waals surface area contributed by atoms with Gasteiger partial charge in [-0.15, -0.1) is 5.10 Å². The summed E-state index contributed by atoms with van der Waals surface area (Å²) in [5.74, 6) is -0.461. The van der Waals surface area contributed by atoms with Gasteiger partial charge >= 0.3 is 5.97 Å². The van der Waals surface area contributed by atoms with Gasteiger partial charge in [-0.2, -0.15) is 0 Å². The number of hydrogen-bond acceptors (Lipinski definition) is 5.